The van der Waals surface area contributed by atoms with Gasteiger partial charge in [0.05, 0.1) is 5.60 Å². The summed E-state index contributed by atoms with van der Waals surface area (Å²) in [6.07, 6.45) is 3.88. The lowest BCUT2D eigenvalue weighted by atomic mass is 9.85. The Hall–Kier alpha value is -1.19. The van der Waals surface area contributed by atoms with Crippen molar-refractivity contribution in [3.8, 4) is 0 Å². The number of aldehydes is 1. The van der Waals surface area contributed by atoms with Crippen LogP contribution in [0.3, 0.4) is 0 Å². The molecule has 0 amide bonds. The second-order valence-electron chi connectivity index (χ2n) is 4.67. The molecule has 0 bridgehead atoms. The molecule has 1 N–H and O–H groups in total. The highest BCUT2D eigenvalue weighted by molar-refractivity contribution is 5.74. The minimum atomic E-state index is -0.0338. The zero-order valence-electron chi connectivity index (χ0n) is 12.2. The van der Waals surface area contributed by atoms with E-state index in [-0.39, 0.29) is 5.60 Å². The molecule has 1 heterocycles. The molecule has 1 saturated heterocycles. The van der Waals surface area contributed by atoms with Crippen molar-refractivity contribution in [2.24, 2.45) is 0 Å². The molecule has 0 saturated carbocycles. The molecular weight excluding hydrogens is 238 g/mol. The fourth-order valence-corrected chi connectivity index (χ4v) is 2.42. The van der Waals surface area contributed by atoms with Crippen molar-refractivity contribution in [2.75, 3.05) is 20.2 Å². The zero-order chi connectivity index (χ0) is 14.1. The molecule has 3 heteroatoms. The predicted octanol–water partition coefficient (Wildman–Crippen LogP) is 2.84. The second kappa shape index (κ2) is 8.08. The normalized spacial score (nSPS) is 17.2. The Kier molecular flexibility index (Phi) is 6.74. The Morgan fingerprint density at radius 1 is 1.21 bits per heavy atom. The van der Waals surface area contributed by atoms with Gasteiger partial charge in [-0.3, -0.25) is 4.79 Å². The van der Waals surface area contributed by atoms with Crippen LogP contribution in [0.15, 0.2) is 24.3 Å². The van der Waals surface area contributed by atoms with Crippen molar-refractivity contribution < 1.29 is 9.53 Å². The molecule has 1 aliphatic rings. The largest absolute Gasteiger partial charge is 0.378 e. The number of piperidine rings is 1. The molecule has 0 radical (unpaired) electrons. The molecule has 1 aromatic carbocycles. The van der Waals surface area contributed by atoms with Gasteiger partial charge in [0.25, 0.3) is 0 Å². The minimum absolute atomic E-state index is 0.0338. The van der Waals surface area contributed by atoms with E-state index in [0.29, 0.717) is 0 Å². The molecule has 0 aliphatic carbocycles. The minimum Gasteiger partial charge on any atom is -0.378 e. The Morgan fingerprint density at radius 3 is 2.26 bits per heavy atom. The van der Waals surface area contributed by atoms with Crippen LogP contribution in [0.5, 0.6) is 0 Å². The molecule has 0 unspecified atom stereocenters. The molecule has 1 aliphatic heterocycles. The van der Waals surface area contributed by atoms with Crippen LogP contribution in [0, 0.1) is 0 Å². The van der Waals surface area contributed by atoms with Gasteiger partial charge in [0, 0.05) is 19.1 Å². The highest BCUT2D eigenvalue weighted by Gasteiger charge is 2.31. The average molecular weight is 263 g/mol. The zero-order valence-corrected chi connectivity index (χ0v) is 12.2. The van der Waals surface area contributed by atoms with E-state index >= 15 is 0 Å². The van der Waals surface area contributed by atoms with Gasteiger partial charge in [-0.2, -0.15) is 0 Å². The fraction of sp³-hybridized carbons (Fsp3) is 0.562. The van der Waals surface area contributed by atoms with Gasteiger partial charge in [0.1, 0.15) is 6.29 Å². The van der Waals surface area contributed by atoms with E-state index in [2.05, 4.69) is 5.32 Å². The number of methoxy groups -OCH3 is 1. The molecule has 2 rings (SSSR count). The number of carbonyl (C=O) groups is 1. The van der Waals surface area contributed by atoms with Crippen LogP contribution < -0.4 is 5.32 Å². The summed E-state index contributed by atoms with van der Waals surface area (Å²) >= 11 is 0. The number of nitrogens with one attached hydrogen (secondary N) is 1. The van der Waals surface area contributed by atoms with Crippen molar-refractivity contribution in [2.45, 2.75) is 38.7 Å². The van der Waals surface area contributed by atoms with Gasteiger partial charge in [0.15, 0.2) is 0 Å². The molecular formula is C16H25NO2. The van der Waals surface area contributed by atoms with E-state index in [4.69, 9.17) is 4.74 Å². The van der Waals surface area contributed by atoms with Gasteiger partial charge in [-0.05, 0) is 31.5 Å². The first kappa shape index (κ1) is 15.9. The lowest BCUT2D eigenvalue weighted by Crippen LogP contribution is -2.44. The number of hydrogen-bond donors (Lipinski definition) is 1. The number of rotatable bonds is 4. The van der Waals surface area contributed by atoms with Crippen LogP contribution in [0.25, 0.3) is 0 Å². The van der Waals surface area contributed by atoms with Crippen LogP contribution in [0.2, 0.25) is 0 Å². The van der Waals surface area contributed by atoms with Gasteiger partial charge in [-0.25, -0.2) is 0 Å². The summed E-state index contributed by atoms with van der Waals surface area (Å²) in [5.41, 5.74) is 1.93. The SMILES string of the molecule is CC.COC1(Cc2ccc(C=O)cc2)CCNCC1. The fourth-order valence-electron chi connectivity index (χ4n) is 2.42. The van der Waals surface area contributed by atoms with Crippen molar-refractivity contribution in [1.29, 1.82) is 0 Å². The number of benzene rings is 1. The lowest BCUT2D eigenvalue weighted by Gasteiger charge is -2.36. The second-order valence-corrected chi connectivity index (χ2v) is 4.67. The van der Waals surface area contributed by atoms with E-state index in [1.165, 1.54) is 5.56 Å². The number of ether oxygens (including phenoxy) is 1. The third-order valence-corrected chi connectivity index (χ3v) is 3.59. The third kappa shape index (κ3) is 4.44. The van der Waals surface area contributed by atoms with E-state index < -0.39 is 0 Å². The van der Waals surface area contributed by atoms with Crippen molar-refractivity contribution in [1.82, 2.24) is 5.32 Å². The van der Waals surface area contributed by atoms with Gasteiger partial charge in [-0.1, -0.05) is 38.1 Å². The Morgan fingerprint density at radius 2 is 1.79 bits per heavy atom. The molecule has 0 aromatic heterocycles. The molecule has 106 valence electrons. The molecule has 0 atom stereocenters. The molecule has 0 spiro atoms. The summed E-state index contributed by atoms with van der Waals surface area (Å²) in [5, 5.41) is 3.35. The van der Waals surface area contributed by atoms with Gasteiger partial charge < -0.3 is 10.1 Å². The highest BCUT2D eigenvalue weighted by Crippen LogP contribution is 2.27. The maximum absolute atomic E-state index is 10.6. The van der Waals surface area contributed by atoms with Crippen molar-refractivity contribution in [3.05, 3.63) is 35.4 Å². The van der Waals surface area contributed by atoms with E-state index in [1.54, 1.807) is 7.11 Å². The predicted molar refractivity (Wildman–Crippen MR) is 78.7 cm³/mol. The molecule has 1 fully saturated rings. The Labute approximate surface area is 116 Å². The smallest absolute Gasteiger partial charge is 0.150 e. The first-order chi connectivity index (χ1) is 9.28. The van der Waals surface area contributed by atoms with Crippen LogP contribution in [0.4, 0.5) is 0 Å². The average Bonchev–Trinajstić information content (AvgIpc) is 2.51. The molecule has 1 aromatic rings. The Balaban J connectivity index is 0.000000861. The first-order valence-corrected chi connectivity index (χ1v) is 7.08. The number of hydrogen-bond acceptors (Lipinski definition) is 3. The van der Waals surface area contributed by atoms with Gasteiger partial charge in [-0.15, -0.1) is 0 Å². The molecule has 19 heavy (non-hydrogen) atoms. The molecule has 3 nitrogen and oxygen atoms in total. The monoisotopic (exact) mass is 263 g/mol. The van der Waals surface area contributed by atoms with Crippen molar-refractivity contribution >= 4 is 6.29 Å². The van der Waals surface area contributed by atoms with Crippen molar-refractivity contribution in [3.63, 3.8) is 0 Å². The van der Waals surface area contributed by atoms with E-state index in [0.717, 1.165) is 44.2 Å². The van der Waals surface area contributed by atoms with Crippen LogP contribution in [0.1, 0.15) is 42.6 Å². The Bertz CT molecular complexity index is 367. The van der Waals surface area contributed by atoms with Crippen LogP contribution >= 0.6 is 0 Å². The maximum Gasteiger partial charge on any atom is 0.150 e. The number of carbonyl (C=O) groups excluding carboxylic acids is 1. The maximum atomic E-state index is 10.6. The van der Waals surface area contributed by atoms with Crippen LogP contribution in [-0.2, 0) is 11.2 Å². The summed E-state index contributed by atoms with van der Waals surface area (Å²) in [5.74, 6) is 0. The summed E-state index contributed by atoms with van der Waals surface area (Å²) in [7, 11) is 1.80. The quantitative estimate of drug-likeness (QED) is 0.849. The van der Waals surface area contributed by atoms with Crippen LogP contribution in [-0.4, -0.2) is 32.1 Å². The standard InChI is InChI=1S/C14H19NO2.C2H6/c1-17-14(6-8-15-9-7-14)10-12-2-4-13(11-16)5-3-12;1-2/h2-5,11,15H,6-10H2,1H3;1-2H3. The summed E-state index contributed by atoms with van der Waals surface area (Å²) in [6.45, 7) is 6.03. The topological polar surface area (TPSA) is 38.3 Å². The van der Waals surface area contributed by atoms with Gasteiger partial charge in [0.2, 0.25) is 0 Å². The van der Waals surface area contributed by atoms with Gasteiger partial charge >= 0.3 is 0 Å². The highest BCUT2D eigenvalue weighted by atomic mass is 16.5. The summed E-state index contributed by atoms with van der Waals surface area (Å²) in [6, 6.07) is 7.78. The van der Waals surface area contributed by atoms with E-state index in [1.807, 2.05) is 38.1 Å². The lowest BCUT2D eigenvalue weighted by molar-refractivity contribution is -0.0333. The summed E-state index contributed by atoms with van der Waals surface area (Å²) in [4.78, 5) is 10.6. The first-order valence-electron chi connectivity index (χ1n) is 7.08. The third-order valence-electron chi connectivity index (χ3n) is 3.59. The van der Waals surface area contributed by atoms with E-state index in [9.17, 15) is 4.79 Å². The summed E-state index contributed by atoms with van der Waals surface area (Å²) < 4.78 is 5.73.